The third-order valence-corrected chi connectivity index (χ3v) is 10.2. The summed E-state index contributed by atoms with van der Waals surface area (Å²) in [6.45, 7) is 0. The zero-order valence-electron chi connectivity index (χ0n) is 26.6. The molecule has 0 saturated carbocycles. The minimum Gasteiger partial charge on any atom is -0.456 e. The molecule has 0 N–H and O–H groups in total. The van der Waals surface area contributed by atoms with Crippen LogP contribution in [0.25, 0.3) is 98.8 Å². The van der Waals surface area contributed by atoms with Gasteiger partial charge in [0.15, 0.2) is 17.5 Å². The lowest BCUT2D eigenvalue weighted by molar-refractivity contribution is 0.669. The summed E-state index contributed by atoms with van der Waals surface area (Å²) in [5, 5.41) is 5.25. The number of aromatic nitrogens is 4. The number of hydrogen-bond acceptors (Lipinski definition) is 6. The van der Waals surface area contributed by atoms with Crippen molar-refractivity contribution in [2.45, 2.75) is 0 Å². The number of fused-ring (bicyclic) bond motifs is 5. The van der Waals surface area contributed by atoms with E-state index in [2.05, 4.69) is 109 Å². The molecule has 0 atom stereocenters. The van der Waals surface area contributed by atoms with Crippen molar-refractivity contribution in [3.63, 3.8) is 0 Å². The Morgan fingerprint density at radius 3 is 1.90 bits per heavy atom. The molecular formula is C44H26N4OS. The fraction of sp³-hybridized carbons (Fsp3) is 0. The van der Waals surface area contributed by atoms with Gasteiger partial charge >= 0.3 is 0 Å². The molecule has 0 saturated heterocycles. The fourth-order valence-corrected chi connectivity index (χ4v) is 7.75. The summed E-state index contributed by atoms with van der Waals surface area (Å²) < 4.78 is 7.58. The van der Waals surface area contributed by atoms with E-state index in [1.807, 2.05) is 48.5 Å². The van der Waals surface area contributed by atoms with Gasteiger partial charge in [-0.25, -0.2) is 19.9 Å². The van der Waals surface area contributed by atoms with Crippen molar-refractivity contribution in [3.05, 3.63) is 158 Å². The quantitative estimate of drug-likeness (QED) is 0.184. The lowest BCUT2D eigenvalue weighted by atomic mass is 9.99. The van der Waals surface area contributed by atoms with Crippen molar-refractivity contribution in [3.8, 4) is 55.9 Å². The normalized spacial score (nSPS) is 11.6. The second-order valence-electron chi connectivity index (χ2n) is 12.3. The average molecular weight is 659 g/mol. The molecule has 7 aromatic carbocycles. The van der Waals surface area contributed by atoms with Crippen LogP contribution >= 0.6 is 11.3 Å². The van der Waals surface area contributed by atoms with Crippen molar-refractivity contribution >= 4 is 54.3 Å². The Balaban J connectivity index is 1.21. The number of nitrogens with zero attached hydrogens (tertiary/aromatic N) is 4. The Morgan fingerprint density at radius 2 is 1.08 bits per heavy atom. The lowest BCUT2D eigenvalue weighted by Gasteiger charge is -2.12. The summed E-state index contributed by atoms with van der Waals surface area (Å²) in [5.41, 5.74) is 8.48. The van der Waals surface area contributed by atoms with Crippen molar-refractivity contribution in [2.75, 3.05) is 0 Å². The lowest BCUT2D eigenvalue weighted by Crippen LogP contribution is -2.01. The molecule has 0 spiro atoms. The summed E-state index contributed by atoms with van der Waals surface area (Å²) in [4.78, 5) is 20.5. The highest BCUT2D eigenvalue weighted by Crippen LogP contribution is 2.41. The Kier molecular flexibility index (Phi) is 6.60. The first-order chi connectivity index (χ1) is 24.7. The van der Waals surface area contributed by atoms with Crippen LogP contribution in [0.4, 0.5) is 0 Å². The predicted octanol–water partition coefficient (Wildman–Crippen LogP) is 11.9. The van der Waals surface area contributed by atoms with Crippen LogP contribution in [0.5, 0.6) is 0 Å². The number of furan rings is 1. The van der Waals surface area contributed by atoms with E-state index in [-0.39, 0.29) is 0 Å². The molecule has 234 valence electrons. The first-order valence-corrected chi connectivity index (χ1v) is 17.3. The molecule has 10 aromatic rings. The molecule has 0 unspecified atom stereocenters. The zero-order chi connectivity index (χ0) is 33.0. The monoisotopic (exact) mass is 658 g/mol. The summed E-state index contributed by atoms with van der Waals surface area (Å²) in [7, 11) is 0. The Morgan fingerprint density at radius 1 is 0.420 bits per heavy atom. The van der Waals surface area contributed by atoms with Gasteiger partial charge in [-0.2, -0.15) is 0 Å². The molecule has 0 fully saturated rings. The van der Waals surface area contributed by atoms with E-state index in [0.29, 0.717) is 17.5 Å². The van der Waals surface area contributed by atoms with Gasteiger partial charge < -0.3 is 4.42 Å². The van der Waals surface area contributed by atoms with Crippen LogP contribution < -0.4 is 0 Å². The zero-order valence-corrected chi connectivity index (χ0v) is 27.4. The summed E-state index contributed by atoms with van der Waals surface area (Å²) in [6.07, 6.45) is 0. The Labute approximate surface area is 291 Å². The number of thiazole rings is 1. The van der Waals surface area contributed by atoms with Gasteiger partial charge in [-0.05, 0) is 40.1 Å². The topological polar surface area (TPSA) is 64.7 Å². The third-order valence-electron chi connectivity index (χ3n) is 9.16. The summed E-state index contributed by atoms with van der Waals surface area (Å²) in [6, 6.07) is 54.0. The summed E-state index contributed by atoms with van der Waals surface area (Å²) in [5.74, 6) is 1.81. The van der Waals surface area contributed by atoms with Crippen LogP contribution in [0, 0.1) is 0 Å². The van der Waals surface area contributed by atoms with Crippen LogP contribution in [0.1, 0.15) is 0 Å². The number of rotatable bonds is 5. The number of benzene rings is 7. The van der Waals surface area contributed by atoms with E-state index < -0.39 is 0 Å². The maximum absolute atomic E-state index is 6.49. The maximum Gasteiger partial charge on any atom is 0.164 e. The minimum absolute atomic E-state index is 0.587. The van der Waals surface area contributed by atoms with Crippen molar-refractivity contribution in [1.82, 2.24) is 19.9 Å². The molecule has 3 heterocycles. The molecule has 0 bridgehead atoms. The van der Waals surface area contributed by atoms with E-state index in [4.69, 9.17) is 24.4 Å². The van der Waals surface area contributed by atoms with Crippen LogP contribution in [0.2, 0.25) is 0 Å². The molecule has 10 rings (SSSR count). The van der Waals surface area contributed by atoms with Crippen LogP contribution in [0.15, 0.2) is 162 Å². The standard InChI is InChI=1S/C44H26N4OS/c1-3-13-28(14-4-1)32-18-9-10-19-33(32)42-46-41(31-23-22-27-12-7-8-17-30(27)24-31)47-43(48-42)34-20-11-21-37-40(34)35-25-39-36(26-38(35)49-37)45-44(50-39)29-15-5-2-6-16-29/h1-26H. The molecule has 0 aliphatic heterocycles. The smallest absolute Gasteiger partial charge is 0.164 e. The van der Waals surface area contributed by atoms with Gasteiger partial charge in [0.25, 0.3) is 0 Å². The van der Waals surface area contributed by atoms with Crippen LogP contribution in [-0.2, 0) is 0 Å². The van der Waals surface area contributed by atoms with Crippen LogP contribution in [-0.4, -0.2) is 19.9 Å². The van der Waals surface area contributed by atoms with Crippen molar-refractivity contribution in [2.24, 2.45) is 0 Å². The second kappa shape index (κ2) is 11.6. The summed E-state index contributed by atoms with van der Waals surface area (Å²) >= 11 is 1.68. The molecule has 0 aliphatic rings. The van der Waals surface area contributed by atoms with Gasteiger partial charge in [0.1, 0.15) is 16.2 Å². The molecule has 50 heavy (non-hydrogen) atoms. The highest BCUT2D eigenvalue weighted by atomic mass is 32.1. The highest BCUT2D eigenvalue weighted by molar-refractivity contribution is 7.21. The predicted molar refractivity (Wildman–Crippen MR) is 205 cm³/mol. The SMILES string of the molecule is c1ccc(-c2nc3cc4oc5cccc(-c6nc(-c7ccc8ccccc8c7)nc(-c7ccccc7-c7ccccc7)n6)c5c4cc3s2)cc1. The minimum atomic E-state index is 0.587. The van der Waals surface area contributed by atoms with Gasteiger partial charge in [0.05, 0.1) is 10.2 Å². The van der Waals surface area contributed by atoms with Crippen molar-refractivity contribution in [1.29, 1.82) is 0 Å². The highest BCUT2D eigenvalue weighted by Gasteiger charge is 2.20. The first-order valence-electron chi connectivity index (χ1n) is 16.5. The van der Waals surface area contributed by atoms with Gasteiger partial charge in [-0.1, -0.05) is 133 Å². The van der Waals surface area contributed by atoms with Gasteiger partial charge in [-0.15, -0.1) is 11.3 Å². The van der Waals surface area contributed by atoms with E-state index >= 15 is 0 Å². The second-order valence-corrected chi connectivity index (χ2v) is 13.3. The molecule has 6 heteroatoms. The van der Waals surface area contributed by atoms with Gasteiger partial charge in [-0.3, -0.25) is 0 Å². The Bertz CT molecular complexity index is 2880. The molecule has 3 aromatic heterocycles. The number of hydrogen-bond donors (Lipinski definition) is 0. The van der Waals surface area contributed by atoms with E-state index in [1.165, 1.54) is 5.39 Å². The van der Waals surface area contributed by atoms with E-state index in [9.17, 15) is 0 Å². The van der Waals surface area contributed by atoms with Crippen LogP contribution in [0.3, 0.4) is 0 Å². The van der Waals surface area contributed by atoms with Crippen molar-refractivity contribution < 1.29 is 4.42 Å². The van der Waals surface area contributed by atoms with E-state index in [1.54, 1.807) is 11.3 Å². The Hall–Kier alpha value is -6.50. The molecule has 0 aliphatic carbocycles. The molecule has 5 nitrogen and oxygen atoms in total. The van der Waals surface area contributed by atoms with Gasteiger partial charge in [0.2, 0.25) is 0 Å². The molecular weight excluding hydrogens is 633 g/mol. The molecule has 0 radical (unpaired) electrons. The van der Waals surface area contributed by atoms with E-state index in [0.717, 1.165) is 75.9 Å². The first kappa shape index (κ1) is 28.5. The largest absolute Gasteiger partial charge is 0.456 e. The molecule has 0 amide bonds. The maximum atomic E-state index is 6.49. The fourth-order valence-electron chi connectivity index (χ4n) is 6.76. The third kappa shape index (κ3) is 4.85. The van der Waals surface area contributed by atoms with Gasteiger partial charge in [0, 0.05) is 39.1 Å². The average Bonchev–Trinajstić information content (AvgIpc) is 3.78.